The van der Waals surface area contributed by atoms with Gasteiger partial charge in [0, 0.05) is 19.8 Å². The van der Waals surface area contributed by atoms with Crippen molar-refractivity contribution in [2.45, 2.75) is 32.7 Å². The number of hydrogen-bond acceptors (Lipinski definition) is 3. The smallest absolute Gasteiger partial charge is 0.326 e. The summed E-state index contributed by atoms with van der Waals surface area (Å²) in [5.41, 5.74) is -0.124. The Morgan fingerprint density at radius 3 is 2.68 bits per heavy atom. The van der Waals surface area contributed by atoms with Crippen molar-refractivity contribution in [3.63, 3.8) is 0 Å². The van der Waals surface area contributed by atoms with Gasteiger partial charge in [-0.1, -0.05) is 13.8 Å². The predicted molar refractivity (Wildman–Crippen MR) is 68.7 cm³/mol. The van der Waals surface area contributed by atoms with Crippen molar-refractivity contribution in [1.82, 2.24) is 14.5 Å². The number of aromatic nitrogens is 2. The highest BCUT2D eigenvalue weighted by Gasteiger charge is 2.44. The molecule has 0 aromatic carbocycles. The molecule has 0 saturated carbocycles. The van der Waals surface area contributed by atoms with Crippen LogP contribution in [0.25, 0.3) is 0 Å². The summed E-state index contributed by atoms with van der Waals surface area (Å²) >= 11 is 0. The molecule has 0 aliphatic carbocycles. The van der Waals surface area contributed by atoms with E-state index in [1.54, 1.807) is 17.8 Å². The van der Waals surface area contributed by atoms with Gasteiger partial charge in [-0.3, -0.25) is 4.79 Å². The molecule has 6 heteroatoms. The highest BCUT2D eigenvalue weighted by Crippen LogP contribution is 2.35. The standard InChI is InChI=1S/C13H19N3O3/c1-13(2)5-4-6-16(10(13)12(18)19)11(17)9-7-15(3)8-14-9/h7-8,10H,4-6H2,1-3H3,(H,18,19). The van der Waals surface area contributed by atoms with Gasteiger partial charge in [-0.2, -0.15) is 0 Å². The minimum Gasteiger partial charge on any atom is -0.480 e. The van der Waals surface area contributed by atoms with Gasteiger partial charge in [0.15, 0.2) is 0 Å². The van der Waals surface area contributed by atoms with Crippen LogP contribution < -0.4 is 0 Å². The number of aryl methyl sites for hydroxylation is 1. The van der Waals surface area contributed by atoms with E-state index < -0.39 is 17.4 Å². The molecule has 2 rings (SSSR count). The Balaban J connectivity index is 2.31. The third-order valence-electron chi connectivity index (χ3n) is 3.69. The number of carboxylic acids is 1. The number of rotatable bonds is 2. The highest BCUT2D eigenvalue weighted by atomic mass is 16.4. The molecule has 1 saturated heterocycles. The van der Waals surface area contributed by atoms with E-state index in [0.29, 0.717) is 12.2 Å². The number of amides is 1. The topological polar surface area (TPSA) is 75.4 Å². The van der Waals surface area contributed by atoms with Gasteiger partial charge in [0.25, 0.3) is 5.91 Å². The maximum Gasteiger partial charge on any atom is 0.326 e. The van der Waals surface area contributed by atoms with E-state index in [4.69, 9.17) is 0 Å². The molecule has 1 atom stereocenters. The van der Waals surface area contributed by atoms with E-state index in [2.05, 4.69) is 4.98 Å². The Morgan fingerprint density at radius 2 is 2.16 bits per heavy atom. The number of aliphatic carboxylic acids is 1. The number of carboxylic acid groups (broad SMARTS) is 1. The summed E-state index contributed by atoms with van der Waals surface area (Å²) in [6, 6.07) is -0.796. The van der Waals surface area contributed by atoms with E-state index in [9.17, 15) is 14.7 Å². The fourth-order valence-electron chi connectivity index (χ4n) is 2.75. The van der Waals surface area contributed by atoms with E-state index in [1.165, 1.54) is 11.2 Å². The molecule has 1 N–H and O–H groups in total. The monoisotopic (exact) mass is 265 g/mol. The average molecular weight is 265 g/mol. The van der Waals surface area contributed by atoms with Crippen LogP contribution >= 0.6 is 0 Å². The maximum absolute atomic E-state index is 12.4. The Labute approximate surface area is 112 Å². The van der Waals surface area contributed by atoms with Crippen molar-refractivity contribution >= 4 is 11.9 Å². The quantitative estimate of drug-likeness (QED) is 0.870. The molecule has 1 aliphatic rings. The number of hydrogen-bond donors (Lipinski definition) is 1. The van der Waals surface area contributed by atoms with E-state index in [1.807, 2.05) is 13.8 Å². The molecule has 1 fully saturated rings. The SMILES string of the molecule is Cn1cnc(C(=O)N2CCCC(C)(C)C2C(=O)O)c1. The molecule has 1 unspecified atom stereocenters. The average Bonchev–Trinajstić information content (AvgIpc) is 2.72. The van der Waals surface area contributed by atoms with Gasteiger partial charge >= 0.3 is 5.97 Å². The number of imidazole rings is 1. The second-order valence-electron chi connectivity index (χ2n) is 5.76. The number of piperidine rings is 1. The minimum atomic E-state index is -0.950. The zero-order valence-corrected chi connectivity index (χ0v) is 11.5. The first-order chi connectivity index (χ1) is 8.83. The molecule has 6 nitrogen and oxygen atoms in total. The molecule has 2 heterocycles. The Hall–Kier alpha value is -1.85. The van der Waals surface area contributed by atoms with Crippen molar-refractivity contribution in [1.29, 1.82) is 0 Å². The van der Waals surface area contributed by atoms with Crippen molar-refractivity contribution in [2.75, 3.05) is 6.54 Å². The molecule has 0 bridgehead atoms. The fourth-order valence-corrected chi connectivity index (χ4v) is 2.75. The van der Waals surface area contributed by atoms with Gasteiger partial charge in [0.1, 0.15) is 11.7 Å². The summed E-state index contributed by atoms with van der Waals surface area (Å²) in [5.74, 6) is -1.25. The summed E-state index contributed by atoms with van der Waals surface area (Å²) < 4.78 is 1.68. The van der Waals surface area contributed by atoms with Gasteiger partial charge in [0.2, 0.25) is 0 Å². The van der Waals surface area contributed by atoms with Crippen LogP contribution in [0.15, 0.2) is 12.5 Å². The zero-order valence-electron chi connectivity index (χ0n) is 11.5. The van der Waals surface area contributed by atoms with Crippen LogP contribution in [0.1, 0.15) is 37.2 Å². The van der Waals surface area contributed by atoms with Crippen LogP contribution in [-0.2, 0) is 11.8 Å². The summed E-state index contributed by atoms with van der Waals surface area (Å²) in [6.45, 7) is 4.25. The lowest BCUT2D eigenvalue weighted by Crippen LogP contribution is -2.56. The van der Waals surface area contributed by atoms with Crippen molar-refractivity contribution in [3.05, 3.63) is 18.2 Å². The molecule has 19 heavy (non-hydrogen) atoms. The van der Waals surface area contributed by atoms with Crippen LogP contribution in [0.2, 0.25) is 0 Å². The Morgan fingerprint density at radius 1 is 1.47 bits per heavy atom. The maximum atomic E-state index is 12.4. The van der Waals surface area contributed by atoms with Gasteiger partial charge in [0.05, 0.1) is 6.33 Å². The van der Waals surface area contributed by atoms with Crippen molar-refractivity contribution in [2.24, 2.45) is 12.5 Å². The lowest BCUT2D eigenvalue weighted by Gasteiger charge is -2.43. The summed E-state index contributed by atoms with van der Waals surface area (Å²) in [4.78, 5) is 29.4. The van der Waals surface area contributed by atoms with E-state index in [-0.39, 0.29) is 5.91 Å². The van der Waals surface area contributed by atoms with Gasteiger partial charge in [-0.25, -0.2) is 9.78 Å². The molecule has 0 spiro atoms. The van der Waals surface area contributed by atoms with E-state index in [0.717, 1.165) is 12.8 Å². The lowest BCUT2D eigenvalue weighted by molar-refractivity contribution is -0.148. The van der Waals surface area contributed by atoms with Crippen LogP contribution in [-0.4, -0.2) is 44.0 Å². The second-order valence-corrected chi connectivity index (χ2v) is 5.76. The molecular formula is C13H19N3O3. The summed E-state index contributed by atoms with van der Waals surface area (Å²) in [5, 5.41) is 9.43. The van der Waals surface area contributed by atoms with Crippen molar-refractivity contribution < 1.29 is 14.7 Å². The van der Waals surface area contributed by atoms with E-state index >= 15 is 0 Å². The largest absolute Gasteiger partial charge is 0.480 e. The molecule has 104 valence electrons. The van der Waals surface area contributed by atoms with Crippen LogP contribution in [0.4, 0.5) is 0 Å². The predicted octanol–water partition coefficient (Wildman–Crippen LogP) is 1.14. The van der Waals surface area contributed by atoms with Crippen LogP contribution in [0, 0.1) is 5.41 Å². The van der Waals surface area contributed by atoms with Gasteiger partial charge in [-0.05, 0) is 18.3 Å². The van der Waals surface area contributed by atoms with Crippen LogP contribution in [0.3, 0.4) is 0 Å². The fraction of sp³-hybridized carbons (Fsp3) is 0.615. The first-order valence-electron chi connectivity index (χ1n) is 6.34. The Kier molecular flexibility index (Phi) is 3.34. The number of carbonyl (C=O) groups is 2. The summed E-state index contributed by atoms with van der Waals surface area (Å²) in [6.07, 6.45) is 4.77. The van der Waals surface area contributed by atoms with Crippen LogP contribution in [0.5, 0.6) is 0 Å². The number of carbonyl (C=O) groups excluding carboxylic acids is 1. The van der Waals surface area contributed by atoms with Gasteiger partial charge in [-0.15, -0.1) is 0 Å². The summed E-state index contributed by atoms with van der Waals surface area (Å²) in [7, 11) is 1.78. The third-order valence-corrected chi connectivity index (χ3v) is 3.69. The number of likely N-dealkylation sites (tertiary alicyclic amines) is 1. The highest BCUT2D eigenvalue weighted by molar-refractivity contribution is 5.95. The molecule has 1 amide bonds. The molecule has 0 radical (unpaired) electrons. The Bertz CT molecular complexity index is 507. The lowest BCUT2D eigenvalue weighted by atomic mass is 9.76. The minimum absolute atomic E-state index is 0.298. The molecular weight excluding hydrogens is 246 g/mol. The normalized spacial score (nSPS) is 22.3. The second kappa shape index (κ2) is 4.68. The first kappa shape index (κ1) is 13.6. The molecule has 1 aliphatic heterocycles. The first-order valence-corrected chi connectivity index (χ1v) is 6.34. The molecule has 1 aromatic heterocycles. The van der Waals surface area contributed by atoms with Gasteiger partial charge < -0.3 is 14.6 Å². The number of nitrogens with zero attached hydrogens (tertiary/aromatic N) is 3. The zero-order chi connectivity index (χ0) is 14.2. The third kappa shape index (κ3) is 2.47. The molecule has 1 aromatic rings. The van der Waals surface area contributed by atoms with Crippen molar-refractivity contribution in [3.8, 4) is 0 Å².